The average Bonchev–Trinajstić information content (AvgIpc) is 2.80. The Balaban J connectivity index is 1.74. The van der Waals surface area contributed by atoms with Crippen molar-refractivity contribution in [3.8, 4) is 0 Å². The fourth-order valence-corrected chi connectivity index (χ4v) is 3.89. The first kappa shape index (κ1) is 11.4. The first-order chi connectivity index (χ1) is 7.36. The Labute approximate surface area is 99.7 Å². The van der Waals surface area contributed by atoms with Crippen LogP contribution in [0, 0.1) is 5.92 Å². The van der Waals surface area contributed by atoms with E-state index >= 15 is 0 Å². The summed E-state index contributed by atoms with van der Waals surface area (Å²) in [6, 6.07) is 0.360. The summed E-state index contributed by atoms with van der Waals surface area (Å²) in [6.45, 7) is 0. The molecule has 0 radical (unpaired) electrons. The van der Waals surface area contributed by atoms with E-state index in [-0.39, 0.29) is 0 Å². The van der Waals surface area contributed by atoms with Crippen LogP contribution >= 0.6 is 23.1 Å². The smallest absolute Gasteiger partial charge is 0.149 e. The minimum Gasteiger partial charge on any atom is -0.327 e. The maximum absolute atomic E-state index is 6.22. The Morgan fingerprint density at radius 1 is 1.47 bits per heavy atom. The maximum Gasteiger partial charge on any atom is 0.149 e. The minimum atomic E-state index is 0.360. The second kappa shape index (κ2) is 5.87. The number of nitrogens with zero attached hydrogens (tertiary/aromatic N) is 1. The summed E-state index contributed by atoms with van der Waals surface area (Å²) in [5.41, 5.74) is 6.22. The van der Waals surface area contributed by atoms with Gasteiger partial charge in [0, 0.05) is 23.4 Å². The molecule has 0 spiro atoms. The summed E-state index contributed by atoms with van der Waals surface area (Å²) < 4.78 is 1.15. The van der Waals surface area contributed by atoms with Gasteiger partial charge in [0.05, 0.1) is 0 Å². The molecule has 0 aromatic carbocycles. The lowest BCUT2D eigenvalue weighted by atomic mass is 9.85. The molecular formula is C11H18N2S2. The van der Waals surface area contributed by atoms with Crippen molar-refractivity contribution >= 4 is 23.1 Å². The number of hydrogen-bond donors (Lipinski definition) is 1. The first-order valence-electron chi connectivity index (χ1n) is 5.64. The molecule has 0 amide bonds. The summed E-state index contributed by atoms with van der Waals surface area (Å²) in [5.74, 6) is 1.78. The van der Waals surface area contributed by atoms with Crippen LogP contribution in [-0.2, 0) is 0 Å². The monoisotopic (exact) mass is 242 g/mol. The molecule has 2 nitrogen and oxygen atoms in total. The molecule has 0 bridgehead atoms. The highest BCUT2D eigenvalue weighted by Crippen LogP contribution is 2.29. The van der Waals surface area contributed by atoms with E-state index in [1.54, 1.807) is 11.3 Å². The molecule has 1 heterocycles. The average molecular weight is 242 g/mol. The number of rotatable bonds is 4. The molecule has 1 saturated carbocycles. The molecule has 1 atom stereocenters. The van der Waals surface area contributed by atoms with Crippen LogP contribution in [0.5, 0.6) is 0 Å². The number of thiazole rings is 1. The summed E-state index contributed by atoms with van der Waals surface area (Å²) in [6.07, 6.45) is 8.68. The van der Waals surface area contributed by atoms with E-state index in [0.29, 0.717) is 6.04 Å². The van der Waals surface area contributed by atoms with Crippen LogP contribution in [0.4, 0.5) is 0 Å². The lowest BCUT2D eigenvalue weighted by Crippen LogP contribution is -2.33. The number of thioether (sulfide) groups is 1. The van der Waals surface area contributed by atoms with Crippen LogP contribution in [0.1, 0.15) is 32.1 Å². The Morgan fingerprint density at radius 2 is 2.27 bits per heavy atom. The molecule has 84 valence electrons. The van der Waals surface area contributed by atoms with Gasteiger partial charge in [-0.3, -0.25) is 0 Å². The third-order valence-electron chi connectivity index (χ3n) is 3.06. The second-order valence-electron chi connectivity index (χ2n) is 4.17. The predicted octanol–water partition coefficient (Wildman–Crippen LogP) is 3.14. The highest BCUT2D eigenvalue weighted by molar-refractivity contribution is 8.01. The molecule has 2 N–H and O–H groups in total. The van der Waals surface area contributed by atoms with E-state index < -0.39 is 0 Å². The standard InChI is InChI=1S/C11H18N2S2/c12-10(9-4-2-1-3-5-9)8-15-11-13-6-7-14-11/h6-7,9-10H,1-5,8,12H2. The van der Waals surface area contributed by atoms with Gasteiger partial charge in [0.1, 0.15) is 4.34 Å². The molecule has 1 aromatic rings. The zero-order valence-corrected chi connectivity index (χ0v) is 10.5. The van der Waals surface area contributed by atoms with Gasteiger partial charge in [-0.1, -0.05) is 31.0 Å². The third kappa shape index (κ3) is 3.47. The Morgan fingerprint density at radius 3 is 2.93 bits per heavy atom. The number of aromatic nitrogens is 1. The zero-order valence-electron chi connectivity index (χ0n) is 8.89. The van der Waals surface area contributed by atoms with Gasteiger partial charge in [0.25, 0.3) is 0 Å². The van der Waals surface area contributed by atoms with Gasteiger partial charge >= 0.3 is 0 Å². The molecule has 1 aliphatic rings. The van der Waals surface area contributed by atoms with Crippen molar-refractivity contribution in [1.82, 2.24) is 4.98 Å². The second-order valence-corrected chi connectivity index (χ2v) is 6.33. The van der Waals surface area contributed by atoms with E-state index in [2.05, 4.69) is 4.98 Å². The number of hydrogen-bond acceptors (Lipinski definition) is 4. The van der Waals surface area contributed by atoms with Crippen molar-refractivity contribution in [2.24, 2.45) is 11.7 Å². The van der Waals surface area contributed by atoms with E-state index in [4.69, 9.17) is 5.73 Å². The summed E-state index contributed by atoms with van der Waals surface area (Å²) >= 11 is 3.52. The zero-order chi connectivity index (χ0) is 10.5. The molecule has 15 heavy (non-hydrogen) atoms. The van der Waals surface area contributed by atoms with Crippen molar-refractivity contribution in [3.05, 3.63) is 11.6 Å². The minimum absolute atomic E-state index is 0.360. The van der Waals surface area contributed by atoms with Crippen molar-refractivity contribution in [3.63, 3.8) is 0 Å². The molecular weight excluding hydrogens is 224 g/mol. The fraction of sp³-hybridized carbons (Fsp3) is 0.727. The summed E-state index contributed by atoms with van der Waals surface area (Å²) in [7, 11) is 0. The van der Waals surface area contributed by atoms with Crippen LogP contribution < -0.4 is 5.73 Å². The van der Waals surface area contributed by atoms with Crippen LogP contribution in [0.25, 0.3) is 0 Å². The highest BCUT2D eigenvalue weighted by Gasteiger charge is 2.20. The molecule has 1 aromatic heterocycles. The van der Waals surface area contributed by atoms with Gasteiger partial charge in [-0.05, 0) is 18.8 Å². The van der Waals surface area contributed by atoms with Gasteiger partial charge in [0.2, 0.25) is 0 Å². The topological polar surface area (TPSA) is 38.9 Å². The van der Waals surface area contributed by atoms with E-state index in [1.165, 1.54) is 32.1 Å². The Kier molecular flexibility index (Phi) is 4.47. The molecule has 2 rings (SSSR count). The molecule has 0 aliphatic heterocycles. The van der Waals surface area contributed by atoms with Gasteiger partial charge in [0.15, 0.2) is 0 Å². The third-order valence-corrected chi connectivity index (χ3v) is 5.18. The molecule has 0 saturated heterocycles. The molecule has 1 fully saturated rings. The van der Waals surface area contributed by atoms with Crippen molar-refractivity contribution < 1.29 is 0 Å². The molecule has 1 aliphatic carbocycles. The van der Waals surface area contributed by atoms with Crippen LogP contribution in [0.3, 0.4) is 0 Å². The fourth-order valence-electron chi connectivity index (χ4n) is 2.15. The first-order valence-corrected chi connectivity index (χ1v) is 7.50. The number of nitrogens with two attached hydrogens (primary N) is 1. The van der Waals surface area contributed by atoms with Crippen molar-refractivity contribution in [2.75, 3.05) is 5.75 Å². The van der Waals surface area contributed by atoms with Gasteiger partial charge in [-0.2, -0.15) is 0 Å². The summed E-state index contributed by atoms with van der Waals surface area (Å²) in [4.78, 5) is 4.26. The SMILES string of the molecule is NC(CSc1nccs1)C1CCCCC1. The van der Waals surface area contributed by atoms with Crippen LogP contribution in [-0.4, -0.2) is 16.8 Å². The van der Waals surface area contributed by atoms with E-state index in [9.17, 15) is 0 Å². The quantitative estimate of drug-likeness (QED) is 0.824. The molecule has 1 unspecified atom stereocenters. The van der Waals surface area contributed by atoms with E-state index in [0.717, 1.165) is 16.0 Å². The Bertz CT molecular complexity index is 268. The normalized spacial score (nSPS) is 20.3. The van der Waals surface area contributed by atoms with Crippen LogP contribution in [0.15, 0.2) is 15.9 Å². The maximum atomic E-state index is 6.22. The molecule has 4 heteroatoms. The van der Waals surface area contributed by atoms with Crippen molar-refractivity contribution in [2.45, 2.75) is 42.5 Å². The predicted molar refractivity (Wildman–Crippen MR) is 67.4 cm³/mol. The highest BCUT2D eigenvalue weighted by atomic mass is 32.2. The summed E-state index contributed by atoms with van der Waals surface area (Å²) in [5, 5.41) is 2.02. The van der Waals surface area contributed by atoms with Gasteiger partial charge in [-0.15, -0.1) is 11.3 Å². The van der Waals surface area contributed by atoms with Crippen LogP contribution in [0.2, 0.25) is 0 Å². The van der Waals surface area contributed by atoms with Gasteiger partial charge in [-0.25, -0.2) is 4.98 Å². The largest absolute Gasteiger partial charge is 0.327 e. The van der Waals surface area contributed by atoms with Gasteiger partial charge < -0.3 is 5.73 Å². The Hall–Kier alpha value is -0.0600. The van der Waals surface area contributed by atoms with E-state index in [1.807, 2.05) is 23.3 Å². The van der Waals surface area contributed by atoms with Crippen molar-refractivity contribution in [1.29, 1.82) is 0 Å². The lowest BCUT2D eigenvalue weighted by Gasteiger charge is -2.26. The lowest BCUT2D eigenvalue weighted by molar-refractivity contribution is 0.319.